The van der Waals surface area contributed by atoms with Crippen LogP contribution in [0.1, 0.15) is 33.3 Å². The first-order chi connectivity index (χ1) is 10.2. The molecule has 1 fully saturated rings. The van der Waals surface area contributed by atoms with Crippen LogP contribution in [-0.2, 0) is 9.31 Å². The average Bonchev–Trinajstić information content (AvgIpc) is 2.64. The normalized spacial score (nSPS) is 20.3. The molecule has 0 saturated carbocycles. The minimum Gasteiger partial charge on any atom is -0.497 e. The molecule has 0 amide bonds. The van der Waals surface area contributed by atoms with Crippen molar-refractivity contribution in [3.8, 4) is 5.75 Å². The summed E-state index contributed by atoms with van der Waals surface area (Å²) in [5.41, 5.74) is 13.4. The molecule has 1 saturated heterocycles. The van der Waals surface area contributed by atoms with E-state index in [1.54, 1.807) is 13.2 Å². The molecule has 0 aliphatic carbocycles. The van der Waals surface area contributed by atoms with Crippen LogP contribution in [0, 0.1) is 0 Å². The third kappa shape index (κ3) is 3.29. The van der Waals surface area contributed by atoms with Gasteiger partial charge in [0, 0.05) is 18.3 Å². The second-order valence-corrected chi connectivity index (χ2v) is 6.55. The molecule has 0 aromatic heterocycles. The monoisotopic (exact) mass is 304 g/mol. The lowest BCUT2D eigenvalue weighted by molar-refractivity contribution is 0.00578. The molecule has 1 aliphatic heterocycles. The Morgan fingerprint density at radius 1 is 1.18 bits per heavy atom. The number of rotatable bonds is 4. The maximum atomic E-state index is 6.04. The zero-order valence-corrected chi connectivity index (χ0v) is 14.0. The number of nitrogens with two attached hydrogens (primary N) is 2. The molecule has 0 radical (unpaired) electrons. The average molecular weight is 304 g/mol. The number of anilines is 1. The Morgan fingerprint density at radius 3 is 2.27 bits per heavy atom. The van der Waals surface area contributed by atoms with Crippen LogP contribution in [0.3, 0.4) is 0 Å². The summed E-state index contributed by atoms with van der Waals surface area (Å²) in [6.45, 7) is 8.42. The molecule has 0 unspecified atom stereocenters. The Balaban J connectivity index is 2.31. The highest BCUT2D eigenvalue weighted by molar-refractivity contribution is 6.55. The molecule has 5 nitrogen and oxygen atoms in total. The number of nitrogen functional groups attached to an aromatic ring is 1. The van der Waals surface area contributed by atoms with E-state index in [-0.39, 0.29) is 11.2 Å². The van der Waals surface area contributed by atoms with E-state index in [1.807, 2.05) is 45.9 Å². The zero-order valence-electron chi connectivity index (χ0n) is 14.0. The summed E-state index contributed by atoms with van der Waals surface area (Å²) in [6.07, 6.45) is 1.95. The number of hydrogen-bond acceptors (Lipinski definition) is 5. The van der Waals surface area contributed by atoms with Crippen molar-refractivity contribution in [1.29, 1.82) is 0 Å². The highest BCUT2D eigenvalue weighted by atomic mass is 16.7. The van der Waals surface area contributed by atoms with Crippen LogP contribution in [-0.4, -0.2) is 32.0 Å². The SMILES string of the molecule is COc1cc(N)cc(C=C(CN)B2OC(C)(C)C(C)(C)O2)c1. The number of benzene rings is 1. The van der Waals surface area contributed by atoms with E-state index in [0.717, 1.165) is 11.0 Å². The van der Waals surface area contributed by atoms with Crippen LogP contribution in [0.25, 0.3) is 6.08 Å². The van der Waals surface area contributed by atoms with Gasteiger partial charge in [0.25, 0.3) is 0 Å². The van der Waals surface area contributed by atoms with E-state index in [1.165, 1.54) is 0 Å². The molecule has 1 aromatic rings. The largest absolute Gasteiger partial charge is 0.497 e. The lowest BCUT2D eigenvalue weighted by atomic mass is 9.77. The predicted molar refractivity (Wildman–Crippen MR) is 90.5 cm³/mol. The third-order valence-corrected chi connectivity index (χ3v) is 4.33. The fourth-order valence-corrected chi connectivity index (χ4v) is 2.28. The minimum atomic E-state index is -0.456. The molecule has 22 heavy (non-hydrogen) atoms. The van der Waals surface area contributed by atoms with Gasteiger partial charge in [-0.15, -0.1) is 0 Å². The second-order valence-electron chi connectivity index (χ2n) is 6.55. The van der Waals surface area contributed by atoms with Crippen molar-refractivity contribution in [2.24, 2.45) is 5.73 Å². The molecule has 1 heterocycles. The molecule has 1 aromatic carbocycles. The van der Waals surface area contributed by atoms with E-state index >= 15 is 0 Å². The van der Waals surface area contributed by atoms with Gasteiger partial charge in [-0.05, 0) is 50.9 Å². The topological polar surface area (TPSA) is 79.7 Å². The molecule has 120 valence electrons. The third-order valence-electron chi connectivity index (χ3n) is 4.33. The number of hydrogen-bond donors (Lipinski definition) is 2. The fraction of sp³-hybridized carbons (Fsp3) is 0.500. The zero-order chi connectivity index (χ0) is 16.5. The van der Waals surface area contributed by atoms with E-state index in [9.17, 15) is 0 Å². The maximum Gasteiger partial charge on any atom is 0.491 e. The molecular formula is C16H25BN2O3. The summed E-state index contributed by atoms with van der Waals surface area (Å²) >= 11 is 0. The summed E-state index contributed by atoms with van der Waals surface area (Å²) in [5, 5.41) is 0. The van der Waals surface area contributed by atoms with Crippen molar-refractivity contribution in [2.75, 3.05) is 19.4 Å². The number of ether oxygens (including phenoxy) is 1. The molecule has 0 bridgehead atoms. The highest BCUT2D eigenvalue weighted by Crippen LogP contribution is 2.38. The first kappa shape index (κ1) is 16.9. The van der Waals surface area contributed by atoms with Gasteiger partial charge in [0.2, 0.25) is 0 Å². The van der Waals surface area contributed by atoms with Gasteiger partial charge in [0.05, 0.1) is 18.3 Å². The van der Waals surface area contributed by atoms with Crippen molar-refractivity contribution in [2.45, 2.75) is 38.9 Å². The Morgan fingerprint density at radius 2 is 1.77 bits per heavy atom. The lowest BCUT2D eigenvalue weighted by Gasteiger charge is -2.32. The molecule has 1 aliphatic rings. The van der Waals surface area contributed by atoms with Crippen molar-refractivity contribution >= 4 is 18.9 Å². The molecular weight excluding hydrogens is 279 g/mol. The van der Waals surface area contributed by atoms with E-state index < -0.39 is 7.12 Å². The van der Waals surface area contributed by atoms with Crippen LogP contribution < -0.4 is 16.2 Å². The van der Waals surface area contributed by atoms with Crippen LogP contribution >= 0.6 is 0 Å². The molecule has 0 spiro atoms. The highest BCUT2D eigenvalue weighted by Gasteiger charge is 2.52. The van der Waals surface area contributed by atoms with Crippen LogP contribution in [0.2, 0.25) is 0 Å². The smallest absolute Gasteiger partial charge is 0.491 e. The summed E-state index contributed by atoms with van der Waals surface area (Å²) in [7, 11) is 1.16. The summed E-state index contributed by atoms with van der Waals surface area (Å²) in [6, 6.07) is 5.54. The quantitative estimate of drug-likeness (QED) is 0.659. The number of methoxy groups -OCH3 is 1. The summed E-state index contributed by atoms with van der Waals surface area (Å²) in [4.78, 5) is 0. The maximum absolute atomic E-state index is 6.04. The Labute approximate surface area is 132 Å². The van der Waals surface area contributed by atoms with Crippen molar-refractivity contribution in [3.05, 3.63) is 29.2 Å². The Kier molecular flexibility index (Phi) is 4.56. The molecule has 2 rings (SSSR count). The second kappa shape index (κ2) is 5.95. The molecule has 4 N–H and O–H groups in total. The van der Waals surface area contributed by atoms with E-state index in [4.69, 9.17) is 25.5 Å². The molecule has 0 atom stereocenters. The Hall–Kier alpha value is -1.50. The minimum absolute atomic E-state index is 0.341. The van der Waals surface area contributed by atoms with Gasteiger partial charge in [-0.3, -0.25) is 0 Å². The van der Waals surface area contributed by atoms with Gasteiger partial charge in [0.1, 0.15) is 5.75 Å². The standard InChI is InChI=1S/C16H25BN2O3/c1-15(2)16(3,4)22-17(21-15)12(10-18)6-11-7-13(19)9-14(8-11)20-5/h6-9H,10,18-19H2,1-5H3. The van der Waals surface area contributed by atoms with Crippen LogP contribution in [0.15, 0.2) is 23.7 Å². The van der Waals surface area contributed by atoms with Gasteiger partial charge in [-0.25, -0.2) is 0 Å². The molecule has 6 heteroatoms. The van der Waals surface area contributed by atoms with Crippen molar-refractivity contribution < 1.29 is 14.0 Å². The fourth-order valence-electron chi connectivity index (χ4n) is 2.28. The van der Waals surface area contributed by atoms with Gasteiger partial charge in [-0.2, -0.15) is 0 Å². The van der Waals surface area contributed by atoms with Crippen molar-refractivity contribution in [3.63, 3.8) is 0 Å². The first-order valence-corrected chi connectivity index (χ1v) is 7.39. The summed E-state index contributed by atoms with van der Waals surface area (Å²) < 4.78 is 17.3. The van der Waals surface area contributed by atoms with Crippen molar-refractivity contribution in [1.82, 2.24) is 0 Å². The lowest BCUT2D eigenvalue weighted by Crippen LogP contribution is -2.41. The predicted octanol–water partition coefficient (Wildman–Crippen LogP) is 2.25. The van der Waals surface area contributed by atoms with E-state index in [0.29, 0.717) is 18.0 Å². The van der Waals surface area contributed by atoms with Gasteiger partial charge in [0.15, 0.2) is 0 Å². The van der Waals surface area contributed by atoms with Crippen LogP contribution in [0.5, 0.6) is 5.75 Å². The summed E-state index contributed by atoms with van der Waals surface area (Å²) in [5.74, 6) is 0.705. The van der Waals surface area contributed by atoms with E-state index in [2.05, 4.69) is 0 Å². The Bertz CT molecular complexity index is 569. The first-order valence-electron chi connectivity index (χ1n) is 7.39. The van der Waals surface area contributed by atoms with Gasteiger partial charge in [-0.1, -0.05) is 6.08 Å². The van der Waals surface area contributed by atoms with Gasteiger partial charge < -0.3 is 25.5 Å². The van der Waals surface area contributed by atoms with Crippen LogP contribution in [0.4, 0.5) is 5.69 Å². The van der Waals surface area contributed by atoms with Gasteiger partial charge >= 0.3 is 7.12 Å².